The summed E-state index contributed by atoms with van der Waals surface area (Å²) in [4.78, 5) is 2.49. The fraction of sp³-hybridized carbons (Fsp3) is 0.526. The molecule has 4 rings (SSSR count). The minimum atomic E-state index is -0.165. The molecule has 0 radical (unpaired) electrons. The predicted octanol–water partition coefficient (Wildman–Crippen LogP) is 2.23. The van der Waals surface area contributed by atoms with E-state index in [2.05, 4.69) is 34.3 Å². The van der Waals surface area contributed by atoms with E-state index >= 15 is 0 Å². The molecule has 2 aromatic rings. The molecular formula is C19H25N3O2. The Morgan fingerprint density at radius 3 is 2.79 bits per heavy atom. The lowest BCUT2D eigenvalue weighted by atomic mass is 9.94. The van der Waals surface area contributed by atoms with Crippen LogP contribution in [0.3, 0.4) is 0 Å². The number of aliphatic hydroxyl groups is 1. The second-order valence-corrected chi connectivity index (χ2v) is 6.89. The molecule has 1 saturated carbocycles. The third kappa shape index (κ3) is 3.24. The van der Waals surface area contributed by atoms with Crippen LogP contribution in [-0.4, -0.2) is 51.7 Å². The summed E-state index contributed by atoms with van der Waals surface area (Å²) in [5.74, 6) is 0.355. The van der Waals surface area contributed by atoms with Crippen LogP contribution < -0.4 is 0 Å². The fourth-order valence-electron chi connectivity index (χ4n) is 4.08. The molecule has 0 bridgehead atoms. The molecule has 1 aromatic carbocycles. The number of benzene rings is 1. The van der Waals surface area contributed by atoms with Crippen molar-refractivity contribution in [2.45, 2.75) is 38.0 Å². The highest BCUT2D eigenvalue weighted by Crippen LogP contribution is 2.32. The molecule has 3 atom stereocenters. The van der Waals surface area contributed by atoms with Crippen molar-refractivity contribution >= 4 is 0 Å². The first-order valence-electron chi connectivity index (χ1n) is 8.90. The van der Waals surface area contributed by atoms with Crippen molar-refractivity contribution in [3.63, 3.8) is 0 Å². The second kappa shape index (κ2) is 7.05. The molecule has 2 fully saturated rings. The Morgan fingerprint density at radius 2 is 2.08 bits per heavy atom. The first-order valence-corrected chi connectivity index (χ1v) is 8.90. The van der Waals surface area contributed by atoms with Crippen molar-refractivity contribution in [1.29, 1.82) is 0 Å². The largest absolute Gasteiger partial charge is 0.393 e. The Morgan fingerprint density at radius 1 is 1.21 bits per heavy atom. The van der Waals surface area contributed by atoms with Crippen LogP contribution in [0.2, 0.25) is 0 Å². The number of aliphatic hydroxyl groups excluding tert-OH is 1. The standard InChI is InChI=1S/C19H25N3O2/c23-19-4-1-3-17(19)18-14-24-12-11-21(18)13-15-5-7-16(8-6-15)22-10-2-9-20-22/h2,5-10,17-19,23H,1,3-4,11-14H2/t17-,18-,19+/m0/s1. The van der Waals surface area contributed by atoms with Gasteiger partial charge >= 0.3 is 0 Å². The number of aromatic nitrogens is 2. The predicted molar refractivity (Wildman–Crippen MR) is 91.9 cm³/mol. The second-order valence-electron chi connectivity index (χ2n) is 6.89. The van der Waals surface area contributed by atoms with Crippen molar-refractivity contribution in [1.82, 2.24) is 14.7 Å². The van der Waals surface area contributed by atoms with Crippen LogP contribution in [0.5, 0.6) is 0 Å². The van der Waals surface area contributed by atoms with Gasteiger partial charge in [0.25, 0.3) is 0 Å². The van der Waals surface area contributed by atoms with Crippen molar-refractivity contribution < 1.29 is 9.84 Å². The van der Waals surface area contributed by atoms with E-state index in [0.29, 0.717) is 12.0 Å². The van der Waals surface area contributed by atoms with Crippen molar-refractivity contribution in [3.05, 3.63) is 48.3 Å². The Balaban J connectivity index is 1.46. The highest BCUT2D eigenvalue weighted by atomic mass is 16.5. The molecule has 24 heavy (non-hydrogen) atoms. The minimum Gasteiger partial charge on any atom is -0.393 e. The van der Waals surface area contributed by atoms with Crippen molar-refractivity contribution in [2.24, 2.45) is 5.92 Å². The zero-order chi connectivity index (χ0) is 16.4. The zero-order valence-electron chi connectivity index (χ0n) is 13.9. The summed E-state index contributed by atoms with van der Waals surface area (Å²) in [6, 6.07) is 10.8. The minimum absolute atomic E-state index is 0.165. The van der Waals surface area contributed by atoms with Crippen LogP contribution in [0.15, 0.2) is 42.7 Å². The van der Waals surface area contributed by atoms with Crippen LogP contribution in [0.1, 0.15) is 24.8 Å². The van der Waals surface area contributed by atoms with E-state index < -0.39 is 0 Å². The maximum atomic E-state index is 10.3. The Kier molecular flexibility index (Phi) is 4.65. The molecule has 0 spiro atoms. The first-order chi connectivity index (χ1) is 11.8. The van der Waals surface area contributed by atoms with Gasteiger partial charge in [0.15, 0.2) is 0 Å². The van der Waals surface area contributed by atoms with Gasteiger partial charge < -0.3 is 9.84 Å². The average molecular weight is 327 g/mol. The van der Waals surface area contributed by atoms with E-state index in [1.807, 2.05) is 16.9 Å². The number of hydrogen-bond donors (Lipinski definition) is 1. The Bertz CT molecular complexity index is 641. The molecule has 1 N–H and O–H groups in total. The van der Waals surface area contributed by atoms with E-state index in [9.17, 15) is 5.11 Å². The van der Waals surface area contributed by atoms with Gasteiger partial charge in [0.2, 0.25) is 0 Å². The average Bonchev–Trinajstić information content (AvgIpc) is 3.28. The Hall–Kier alpha value is -1.69. The van der Waals surface area contributed by atoms with E-state index in [1.54, 1.807) is 6.20 Å². The smallest absolute Gasteiger partial charge is 0.0645 e. The van der Waals surface area contributed by atoms with Gasteiger partial charge in [-0.2, -0.15) is 5.10 Å². The summed E-state index contributed by atoms with van der Waals surface area (Å²) in [7, 11) is 0. The normalized spacial score (nSPS) is 28.3. The molecule has 0 unspecified atom stereocenters. The molecular weight excluding hydrogens is 302 g/mol. The van der Waals surface area contributed by atoms with Gasteiger partial charge in [-0.15, -0.1) is 0 Å². The number of nitrogens with zero attached hydrogens (tertiary/aromatic N) is 3. The molecule has 1 aliphatic heterocycles. The summed E-state index contributed by atoms with van der Waals surface area (Å²) in [5, 5.41) is 14.5. The van der Waals surface area contributed by atoms with Gasteiger partial charge in [0, 0.05) is 37.4 Å². The molecule has 5 heteroatoms. The van der Waals surface area contributed by atoms with Crippen molar-refractivity contribution in [2.75, 3.05) is 19.8 Å². The number of rotatable bonds is 4. The molecule has 0 amide bonds. The van der Waals surface area contributed by atoms with E-state index in [1.165, 1.54) is 5.56 Å². The third-order valence-corrected chi connectivity index (χ3v) is 5.40. The molecule has 1 aromatic heterocycles. The van der Waals surface area contributed by atoms with Gasteiger partial charge in [-0.05, 0) is 36.6 Å². The SMILES string of the molecule is O[C@@H]1CCC[C@H]1[C@@H]1COCCN1Cc1ccc(-n2cccn2)cc1. The van der Waals surface area contributed by atoms with Crippen LogP contribution in [0.25, 0.3) is 5.69 Å². The molecule has 1 saturated heterocycles. The molecule has 2 heterocycles. The quantitative estimate of drug-likeness (QED) is 0.936. The maximum absolute atomic E-state index is 10.3. The Labute approximate surface area is 142 Å². The van der Waals surface area contributed by atoms with Gasteiger partial charge in [0.05, 0.1) is 25.0 Å². The maximum Gasteiger partial charge on any atom is 0.0645 e. The van der Waals surface area contributed by atoms with Crippen LogP contribution in [0.4, 0.5) is 0 Å². The summed E-state index contributed by atoms with van der Waals surface area (Å²) >= 11 is 0. The number of hydrogen-bond acceptors (Lipinski definition) is 4. The third-order valence-electron chi connectivity index (χ3n) is 5.40. The number of morpholine rings is 1. The van der Waals surface area contributed by atoms with Crippen LogP contribution in [-0.2, 0) is 11.3 Å². The summed E-state index contributed by atoms with van der Waals surface area (Å²) in [6.45, 7) is 3.38. The fourth-order valence-corrected chi connectivity index (χ4v) is 4.08. The molecule has 2 aliphatic rings. The van der Waals surface area contributed by atoms with E-state index in [-0.39, 0.29) is 6.10 Å². The van der Waals surface area contributed by atoms with Crippen LogP contribution >= 0.6 is 0 Å². The van der Waals surface area contributed by atoms with Crippen molar-refractivity contribution in [3.8, 4) is 5.69 Å². The lowest BCUT2D eigenvalue weighted by molar-refractivity contribution is -0.0536. The lowest BCUT2D eigenvalue weighted by Crippen LogP contribution is -2.50. The molecule has 128 valence electrons. The summed E-state index contributed by atoms with van der Waals surface area (Å²) < 4.78 is 7.59. The summed E-state index contributed by atoms with van der Waals surface area (Å²) in [6.07, 6.45) is 6.77. The van der Waals surface area contributed by atoms with Gasteiger partial charge in [-0.3, -0.25) is 4.90 Å². The highest BCUT2D eigenvalue weighted by Gasteiger charge is 2.37. The number of ether oxygens (including phenoxy) is 1. The van der Waals surface area contributed by atoms with E-state index in [0.717, 1.165) is 51.3 Å². The highest BCUT2D eigenvalue weighted by molar-refractivity contribution is 5.33. The summed E-state index contributed by atoms with van der Waals surface area (Å²) in [5.41, 5.74) is 2.37. The molecule has 1 aliphatic carbocycles. The lowest BCUT2D eigenvalue weighted by Gasteiger charge is -2.40. The first kappa shape index (κ1) is 15.8. The monoisotopic (exact) mass is 327 g/mol. The van der Waals surface area contributed by atoms with Gasteiger partial charge in [-0.25, -0.2) is 4.68 Å². The molecule has 5 nitrogen and oxygen atoms in total. The topological polar surface area (TPSA) is 50.5 Å². The zero-order valence-corrected chi connectivity index (χ0v) is 13.9. The van der Waals surface area contributed by atoms with Gasteiger partial charge in [0.1, 0.15) is 0 Å². The van der Waals surface area contributed by atoms with Crippen LogP contribution in [0, 0.1) is 5.92 Å². The van der Waals surface area contributed by atoms with Gasteiger partial charge in [-0.1, -0.05) is 18.6 Å². The van der Waals surface area contributed by atoms with E-state index in [4.69, 9.17) is 4.74 Å².